The summed E-state index contributed by atoms with van der Waals surface area (Å²) in [5, 5.41) is 7.27. The number of aromatic nitrogens is 1. The highest BCUT2D eigenvalue weighted by Crippen LogP contribution is 2.20. The number of hydrogen-bond donors (Lipinski definition) is 3. The minimum Gasteiger partial charge on any atom is -0.361 e. The molecule has 0 radical (unpaired) electrons. The monoisotopic (exact) mass is 383 g/mol. The molecule has 0 fully saturated rings. The molecular weight excluding hydrogens is 362 g/mol. The number of nitrogens with one attached hydrogen (secondary N) is 3. The van der Waals surface area contributed by atoms with Gasteiger partial charge in [-0.2, -0.15) is 0 Å². The highest BCUT2D eigenvalue weighted by molar-refractivity contribution is 6.30. The van der Waals surface area contributed by atoms with E-state index in [1.807, 2.05) is 30.5 Å². The SMILES string of the molecule is CC(C)C(=O)NC(Cc1c[nH]c2ccccc12)C(=O)Nc1cccc(Cl)c1. The topological polar surface area (TPSA) is 74.0 Å². The number of amides is 2. The summed E-state index contributed by atoms with van der Waals surface area (Å²) in [5.41, 5.74) is 2.56. The van der Waals surface area contributed by atoms with Gasteiger partial charge in [0.1, 0.15) is 6.04 Å². The van der Waals surface area contributed by atoms with Crippen LogP contribution in [0.25, 0.3) is 10.9 Å². The van der Waals surface area contributed by atoms with E-state index in [1.54, 1.807) is 38.1 Å². The summed E-state index contributed by atoms with van der Waals surface area (Å²) in [6, 6.07) is 14.1. The van der Waals surface area contributed by atoms with Gasteiger partial charge in [0.25, 0.3) is 0 Å². The summed E-state index contributed by atoms with van der Waals surface area (Å²) < 4.78 is 0. The zero-order valence-electron chi connectivity index (χ0n) is 15.3. The van der Waals surface area contributed by atoms with Gasteiger partial charge in [-0.15, -0.1) is 0 Å². The predicted octanol–water partition coefficient (Wildman–Crippen LogP) is 4.14. The number of hydrogen-bond acceptors (Lipinski definition) is 2. The zero-order chi connectivity index (χ0) is 19.4. The Morgan fingerprint density at radius 1 is 1.07 bits per heavy atom. The first-order chi connectivity index (χ1) is 12.9. The molecule has 0 bridgehead atoms. The number of carbonyl (C=O) groups is 2. The Hall–Kier alpha value is -2.79. The smallest absolute Gasteiger partial charge is 0.247 e. The molecule has 0 aliphatic carbocycles. The van der Waals surface area contributed by atoms with Crippen LogP contribution in [0.2, 0.25) is 5.02 Å². The van der Waals surface area contributed by atoms with E-state index in [-0.39, 0.29) is 17.7 Å². The molecule has 0 aliphatic heterocycles. The highest BCUT2D eigenvalue weighted by Gasteiger charge is 2.24. The number of aromatic amines is 1. The van der Waals surface area contributed by atoms with E-state index in [0.29, 0.717) is 17.1 Å². The normalized spacial score (nSPS) is 12.1. The van der Waals surface area contributed by atoms with Crippen molar-refractivity contribution in [3.05, 3.63) is 65.3 Å². The molecule has 2 amide bonds. The van der Waals surface area contributed by atoms with Gasteiger partial charge < -0.3 is 15.6 Å². The van der Waals surface area contributed by atoms with Crippen LogP contribution in [0.15, 0.2) is 54.7 Å². The molecule has 0 spiro atoms. The highest BCUT2D eigenvalue weighted by atomic mass is 35.5. The summed E-state index contributed by atoms with van der Waals surface area (Å²) in [4.78, 5) is 28.3. The lowest BCUT2D eigenvalue weighted by atomic mass is 10.0. The van der Waals surface area contributed by atoms with E-state index in [2.05, 4.69) is 15.6 Å². The Bertz CT molecular complexity index is 965. The number of rotatable bonds is 6. The van der Waals surface area contributed by atoms with E-state index in [9.17, 15) is 9.59 Å². The number of H-pyrrole nitrogens is 1. The van der Waals surface area contributed by atoms with E-state index in [4.69, 9.17) is 11.6 Å². The third kappa shape index (κ3) is 4.68. The van der Waals surface area contributed by atoms with Crippen LogP contribution in [0.3, 0.4) is 0 Å². The molecule has 1 heterocycles. The molecule has 6 heteroatoms. The van der Waals surface area contributed by atoms with Crippen molar-refractivity contribution in [3.8, 4) is 0 Å². The van der Waals surface area contributed by atoms with Crippen molar-refractivity contribution >= 4 is 40.0 Å². The van der Waals surface area contributed by atoms with Crippen molar-refractivity contribution in [1.29, 1.82) is 0 Å². The lowest BCUT2D eigenvalue weighted by Gasteiger charge is -2.19. The Morgan fingerprint density at radius 2 is 1.85 bits per heavy atom. The summed E-state index contributed by atoms with van der Waals surface area (Å²) >= 11 is 5.99. The number of para-hydroxylation sites is 1. The molecule has 1 atom stereocenters. The minimum absolute atomic E-state index is 0.166. The largest absolute Gasteiger partial charge is 0.361 e. The first kappa shape index (κ1) is 19.0. The van der Waals surface area contributed by atoms with Crippen molar-refractivity contribution in [1.82, 2.24) is 10.3 Å². The van der Waals surface area contributed by atoms with E-state index in [0.717, 1.165) is 16.5 Å². The van der Waals surface area contributed by atoms with Gasteiger partial charge >= 0.3 is 0 Å². The molecule has 0 saturated carbocycles. The summed E-state index contributed by atoms with van der Waals surface area (Å²) in [6.07, 6.45) is 2.26. The van der Waals surface area contributed by atoms with Gasteiger partial charge in [-0.3, -0.25) is 9.59 Å². The number of fused-ring (bicyclic) bond motifs is 1. The molecule has 140 valence electrons. The van der Waals surface area contributed by atoms with E-state index in [1.165, 1.54) is 0 Å². The van der Waals surface area contributed by atoms with Crippen molar-refractivity contribution in [2.75, 3.05) is 5.32 Å². The fraction of sp³-hybridized carbons (Fsp3) is 0.238. The second-order valence-corrected chi connectivity index (χ2v) is 7.22. The van der Waals surface area contributed by atoms with E-state index < -0.39 is 6.04 Å². The second-order valence-electron chi connectivity index (χ2n) is 6.78. The van der Waals surface area contributed by atoms with Crippen LogP contribution in [0, 0.1) is 5.92 Å². The quantitative estimate of drug-likeness (QED) is 0.598. The fourth-order valence-electron chi connectivity index (χ4n) is 2.86. The van der Waals surface area contributed by atoms with Gasteiger partial charge in [0.2, 0.25) is 11.8 Å². The van der Waals surface area contributed by atoms with Crippen LogP contribution in [-0.4, -0.2) is 22.8 Å². The van der Waals surface area contributed by atoms with Crippen molar-refractivity contribution in [2.45, 2.75) is 26.3 Å². The van der Waals surface area contributed by atoms with Crippen LogP contribution >= 0.6 is 11.6 Å². The number of halogens is 1. The Morgan fingerprint density at radius 3 is 2.59 bits per heavy atom. The second kappa shape index (κ2) is 8.27. The van der Waals surface area contributed by atoms with Gasteiger partial charge in [0, 0.05) is 40.1 Å². The molecular formula is C21H22ClN3O2. The molecule has 1 unspecified atom stereocenters. The van der Waals surface area contributed by atoms with E-state index >= 15 is 0 Å². The lowest BCUT2D eigenvalue weighted by molar-refractivity contribution is -0.128. The number of anilines is 1. The van der Waals surface area contributed by atoms with Crippen LogP contribution in [0.4, 0.5) is 5.69 Å². The molecule has 0 aliphatic rings. The van der Waals surface area contributed by atoms with Crippen molar-refractivity contribution in [3.63, 3.8) is 0 Å². The van der Waals surface area contributed by atoms with Crippen LogP contribution in [-0.2, 0) is 16.0 Å². The van der Waals surface area contributed by atoms with Crippen molar-refractivity contribution < 1.29 is 9.59 Å². The lowest BCUT2D eigenvalue weighted by Crippen LogP contribution is -2.46. The molecule has 3 N–H and O–H groups in total. The minimum atomic E-state index is -0.696. The summed E-state index contributed by atoms with van der Waals surface area (Å²) in [6.45, 7) is 3.60. The average Bonchev–Trinajstić information content (AvgIpc) is 3.04. The summed E-state index contributed by atoms with van der Waals surface area (Å²) in [7, 11) is 0. The Labute approximate surface area is 163 Å². The standard InChI is InChI=1S/C21H22ClN3O2/c1-13(2)20(26)25-19(21(27)24-16-7-5-6-15(22)11-16)10-14-12-23-18-9-4-3-8-17(14)18/h3-9,11-13,19,23H,10H2,1-2H3,(H,24,27)(H,25,26). The molecule has 3 rings (SSSR count). The third-order valence-corrected chi connectivity index (χ3v) is 4.58. The van der Waals surface area contributed by atoms with Gasteiger partial charge in [0.05, 0.1) is 0 Å². The molecule has 3 aromatic rings. The first-order valence-electron chi connectivity index (χ1n) is 8.86. The van der Waals surface area contributed by atoms with Crippen molar-refractivity contribution in [2.24, 2.45) is 5.92 Å². The van der Waals surface area contributed by atoms with Gasteiger partial charge in [-0.1, -0.05) is 49.7 Å². The number of benzene rings is 2. The van der Waals surface area contributed by atoms with Gasteiger partial charge in [0.15, 0.2) is 0 Å². The maximum absolute atomic E-state index is 12.9. The van der Waals surface area contributed by atoms with Crippen LogP contribution in [0.5, 0.6) is 0 Å². The third-order valence-electron chi connectivity index (χ3n) is 4.35. The molecule has 1 aromatic heterocycles. The van der Waals surface area contributed by atoms with Crippen LogP contribution < -0.4 is 10.6 Å². The zero-order valence-corrected chi connectivity index (χ0v) is 16.0. The summed E-state index contributed by atoms with van der Waals surface area (Å²) in [5.74, 6) is -0.660. The molecule has 5 nitrogen and oxygen atoms in total. The Balaban J connectivity index is 1.83. The Kier molecular flexibility index (Phi) is 5.81. The van der Waals surface area contributed by atoms with Gasteiger partial charge in [-0.05, 0) is 29.8 Å². The molecule has 2 aromatic carbocycles. The maximum atomic E-state index is 12.9. The number of carbonyl (C=O) groups excluding carboxylic acids is 2. The maximum Gasteiger partial charge on any atom is 0.247 e. The fourth-order valence-corrected chi connectivity index (χ4v) is 3.05. The van der Waals surface area contributed by atoms with Gasteiger partial charge in [-0.25, -0.2) is 0 Å². The van der Waals surface area contributed by atoms with Crippen LogP contribution in [0.1, 0.15) is 19.4 Å². The average molecular weight is 384 g/mol. The molecule has 27 heavy (non-hydrogen) atoms. The predicted molar refractivity (Wildman–Crippen MR) is 109 cm³/mol. The molecule has 0 saturated heterocycles. The first-order valence-corrected chi connectivity index (χ1v) is 9.23.